The van der Waals surface area contributed by atoms with Crippen LogP contribution in [0.5, 0.6) is 11.6 Å². The molecule has 1 fully saturated rings. The molecule has 2 heterocycles. The van der Waals surface area contributed by atoms with Gasteiger partial charge in [0.1, 0.15) is 12.4 Å². The lowest BCUT2D eigenvalue weighted by molar-refractivity contribution is -0.118. The second-order valence-corrected chi connectivity index (χ2v) is 6.79. The van der Waals surface area contributed by atoms with Gasteiger partial charge in [-0.25, -0.2) is 4.98 Å². The standard InChI is InChI=1S/C21H27N3O4/c1-16-3-4-17(2)19(13-16)28-15-20(25)23-18-5-6-21(22-14-18)27-12-9-24-7-10-26-11-8-24/h3-6,13-14H,7-12,15H2,1-2H3,(H,23,25). The molecular formula is C21H27N3O4. The number of rotatable bonds is 8. The molecule has 1 N–H and O–H groups in total. The van der Waals surface area contributed by atoms with Crippen LogP contribution in [-0.4, -0.2) is 61.9 Å². The second-order valence-electron chi connectivity index (χ2n) is 6.79. The fourth-order valence-electron chi connectivity index (χ4n) is 2.85. The van der Waals surface area contributed by atoms with E-state index < -0.39 is 0 Å². The van der Waals surface area contributed by atoms with Gasteiger partial charge in [0.25, 0.3) is 5.91 Å². The van der Waals surface area contributed by atoms with Crippen molar-refractivity contribution in [3.63, 3.8) is 0 Å². The monoisotopic (exact) mass is 385 g/mol. The number of nitrogens with one attached hydrogen (secondary N) is 1. The molecule has 2 aromatic rings. The van der Waals surface area contributed by atoms with E-state index in [1.54, 1.807) is 18.3 Å². The smallest absolute Gasteiger partial charge is 0.262 e. The Morgan fingerprint density at radius 3 is 2.75 bits per heavy atom. The van der Waals surface area contributed by atoms with Gasteiger partial charge >= 0.3 is 0 Å². The Bertz CT molecular complexity index is 774. The molecule has 0 saturated carbocycles. The minimum atomic E-state index is -0.233. The highest BCUT2D eigenvalue weighted by atomic mass is 16.5. The van der Waals surface area contributed by atoms with Gasteiger partial charge < -0.3 is 19.5 Å². The highest BCUT2D eigenvalue weighted by molar-refractivity contribution is 5.91. The van der Waals surface area contributed by atoms with Crippen molar-refractivity contribution in [3.8, 4) is 11.6 Å². The van der Waals surface area contributed by atoms with E-state index in [1.807, 2.05) is 32.0 Å². The SMILES string of the molecule is Cc1ccc(C)c(OCC(=O)Nc2ccc(OCCN3CCOCC3)nc2)c1. The maximum Gasteiger partial charge on any atom is 0.262 e. The number of hydrogen-bond acceptors (Lipinski definition) is 6. The zero-order chi connectivity index (χ0) is 19.8. The van der Waals surface area contributed by atoms with E-state index in [9.17, 15) is 4.79 Å². The molecule has 1 aromatic heterocycles. The summed E-state index contributed by atoms with van der Waals surface area (Å²) in [7, 11) is 0. The number of pyridine rings is 1. The molecule has 1 aliphatic rings. The van der Waals surface area contributed by atoms with Crippen molar-refractivity contribution in [2.24, 2.45) is 0 Å². The van der Waals surface area contributed by atoms with Crippen LogP contribution in [0, 0.1) is 13.8 Å². The van der Waals surface area contributed by atoms with E-state index in [1.165, 1.54) is 0 Å². The molecule has 0 spiro atoms. The predicted octanol–water partition coefficient (Wildman–Crippen LogP) is 2.43. The molecule has 1 aromatic carbocycles. The van der Waals surface area contributed by atoms with E-state index in [2.05, 4.69) is 15.2 Å². The quantitative estimate of drug-likeness (QED) is 0.752. The first kappa shape index (κ1) is 20.1. The minimum Gasteiger partial charge on any atom is -0.483 e. The largest absolute Gasteiger partial charge is 0.483 e. The topological polar surface area (TPSA) is 72.9 Å². The van der Waals surface area contributed by atoms with Gasteiger partial charge in [-0.2, -0.15) is 0 Å². The number of aromatic nitrogens is 1. The van der Waals surface area contributed by atoms with Gasteiger partial charge in [-0.05, 0) is 37.1 Å². The molecule has 0 bridgehead atoms. The number of nitrogens with zero attached hydrogens (tertiary/aromatic N) is 2. The highest BCUT2D eigenvalue weighted by Crippen LogP contribution is 2.19. The maximum atomic E-state index is 12.1. The first-order valence-corrected chi connectivity index (χ1v) is 9.49. The summed E-state index contributed by atoms with van der Waals surface area (Å²) in [6, 6.07) is 9.43. The van der Waals surface area contributed by atoms with Gasteiger partial charge in [-0.3, -0.25) is 9.69 Å². The molecule has 0 radical (unpaired) electrons. The van der Waals surface area contributed by atoms with E-state index in [-0.39, 0.29) is 12.5 Å². The Morgan fingerprint density at radius 1 is 1.18 bits per heavy atom. The Kier molecular flexibility index (Phi) is 7.22. The van der Waals surface area contributed by atoms with Crippen molar-refractivity contribution in [1.82, 2.24) is 9.88 Å². The number of benzene rings is 1. The Balaban J connectivity index is 1.40. The van der Waals surface area contributed by atoms with Crippen LogP contribution in [0.3, 0.4) is 0 Å². The molecule has 7 nitrogen and oxygen atoms in total. The van der Waals surface area contributed by atoms with Crippen LogP contribution < -0.4 is 14.8 Å². The average molecular weight is 385 g/mol. The normalized spacial score (nSPS) is 14.5. The van der Waals surface area contributed by atoms with Crippen molar-refractivity contribution in [3.05, 3.63) is 47.7 Å². The molecule has 3 rings (SSSR count). The third-order valence-corrected chi connectivity index (χ3v) is 4.48. The molecule has 0 aliphatic carbocycles. The summed E-state index contributed by atoms with van der Waals surface area (Å²) in [5, 5.41) is 2.78. The van der Waals surface area contributed by atoms with E-state index >= 15 is 0 Å². The van der Waals surface area contributed by atoms with E-state index in [0.717, 1.165) is 49.7 Å². The van der Waals surface area contributed by atoms with Crippen LogP contribution in [0.1, 0.15) is 11.1 Å². The number of hydrogen-bond donors (Lipinski definition) is 1. The summed E-state index contributed by atoms with van der Waals surface area (Å²) in [6.07, 6.45) is 1.58. The minimum absolute atomic E-state index is 0.0535. The third kappa shape index (κ3) is 6.21. The van der Waals surface area contributed by atoms with Crippen molar-refractivity contribution in [1.29, 1.82) is 0 Å². The zero-order valence-electron chi connectivity index (χ0n) is 16.4. The number of amides is 1. The highest BCUT2D eigenvalue weighted by Gasteiger charge is 2.10. The summed E-state index contributed by atoms with van der Waals surface area (Å²) >= 11 is 0. The Morgan fingerprint density at radius 2 is 2.00 bits per heavy atom. The van der Waals surface area contributed by atoms with Gasteiger partial charge in [0.2, 0.25) is 5.88 Å². The van der Waals surface area contributed by atoms with Gasteiger partial charge in [0.05, 0.1) is 25.1 Å². The van der Waals surface area contributed by atoms with Gasteiger partial charge in [0, 0.05) is 25.7 Å². The fourth-order valence-corrected chi connectivity index (χ4v) is 2.85. The molecule has 28 heavy (non-hydrogen) atoms. The number of ether oxygens (including phenoxy) is 3. The molecule has 0 atom stereocenters. The molecule has 7 heteroatoms. The van der Waals surface area contributed by atoms with E-state index in [4.69, 9.17) is 14.2 Å². The van der Waals surface area contributed by atoms with Crippen molar-refractivity contribution in [2.45, 2.75) is 13.8 Å². The lowest BCUT2D eigenvalue weighted by Crippen LogP contribution is -2.38. The van der Waals surface area contributed by atoms with Crippen LogP contribution in [0.25, 0.3) is 0 Å². The summed E-state index contributed by atoms with van der Waals surface area (Å²) in [5.41, 5.74) is 2.70. The maximum absolute atomic E-state index is 12.1. The van der Waals surface area contributed by atoms with Crippen LogP contribution in [0.2, 0.25) is 0 Å². The number of anilines is 1. The molecule has 1 saturated heterocycles. The molecule has 150 valence electrons. The first-order valence-electron chi connectivity index (χ1n) is 9.49. The van der Waals surface area contributed by atoms with Crippen molar-refractivity contribution >= 4 is 11.6 Å². The van der Waals surface area contributed by atoms with E-state index in [0.29, 0.717) is 18.2 Å². The number of carbonyl (C=O) groups is 1. The Labute approximate surface area is 165 Å². The molecule has 1 amide bonds. The summed E-state index contributed by atoms with van der Waals surface area (Å²) in [4.78, 5) is 18.6. The molecule has 1 aliphatic heterocycles. The number of morpholine rings is 1. The van der Waals surface area contributed by atoms with Crippen molar-refractivity contribution < 1.29 is 19.0 Å². The third-order valence-electron chi connectivity index (χ3n) is 4.48. The van der Waals surface area contributed by atoms with Crippen LogP contribution >= 0.6 is 0 Å². The van der Waals surface area contributed by atoms with Gasteiger partial charge in [0.15, 0.2) is 6.61 Å². The summed E-state index contributed by atoms with van der Waals surface area (Å²) in [5.74, 6) is 1.03. The summed E-state index contributed by atoms with van der Waals surface area (Å²) < 4.78 is 16.6. The van der Waals surface area contributed by atoms with Crippen LogP contribution in [0.15, 0.2) is 36.5 Å². The lowest BCUT2D eigenvalue weighted by atomic mass is 10.1. The predicted molar refractivity (Wildman–Crippen MR) is 107 cm³/mol. The van der Waals surface area contributed by atoms with Gasteiger partial charge in [-0.15, -0.1) is 0 Å². The average Bonchev–Trinajstić information content (AvgIpc) is 2.71. The fraction of sp³-hybridized carbons (Fsp3) is 0.429. The zero-order valence-corrected chi connectivity index (χ0v) is 16.4. The van der Waals surface area contributed by atoms with Crippen LogP contribution in [-0.2, 0) is 9.53 Å². The Hall–Kier alpha value is -2.64. The molecular weight excluding hydrogens is 358 g/mol. The van der Waals surface area contributed by atoms with Crippen LogP contribution in [0.4, 0.5) is 5.69 Å². The summed E-state index contributed by atoms with van der Waals surface area (Å²) in [6.45, 7) is 8.73. The van der Waals surface area contributed by atoms with Gasteiger partial charge in [-0.1, -0.05) is 12.1 Å². The van der Waals surface area contributed by atoms with Crippen molar-refractivity contribution in [2.75, 3.05) is 51.4 Å². The lowest BCUT2D eigenvalue weighted by Gasteiger charge is -2.26. The first-order chi connectivity index (χ1) is 13.6. The molecule has 0 unspecified atom stereocenters. The number of carbonyl (C=O) groups excluding carboxylic acids is 1. The second kappa shape index (κ2) is 10.1. The number of aryl methyl sites for hydroxylation is 2.